The number of benzene rings is 1. The van der Waals surface area contributed by atoms with Gasteiger partial charge in [-0.1, -0.05) is 11.6 Å². The minimum atomic E-state index is -1.61. The average Bonchev–Trinajstić information content (AvgIpc) is 2.23. The summed E-state index contributed by atoms with van der Waals surface area (Å²) in [6.07, 6.45) is -0.151. The van der Waals surface area contributed by atoms with E-state index in [9.17, 15) is 9.18 Å². The fourth-order valence-electron chi connectivity index (χ4n) is 1.56. The van der Waals surface area contributed by atoms with Crippen LogP contribution in [0.15, 0.2) is 18.2 Å². The Morgan fingerprint density at radius 3 is 3.00 bits per heavy atom. The first-order valence-corrected chi connectivity index (χ1v) is 5.00. The number of hydrogen-bond acceptors (Lipinski definition) is 2. The fraction of sp³-hybridized carbons (Fsp3) is 0.364. The van der Waals surface area contributed by atoms with Gasteiger partial charge in [0.1, 0.15) is 18.0 Å². The normalized spacial score (nSPS) is 25.4. The summed E-state index contributed by atoms with van der Waals surface area (Å²) in [4.78, 5) is 11.7. The van der Waals surface area contributed by atoms with Crippen molar-refractivity contribution in [2.45, 2.75) is 19.0 Å². The molecule has 15 heavy (non-hydrogen) atoms. The molecular formula is C11H10ClFO2. The zero-order valence-corrected chi connectivity index (χ0v) is 8.97. The van der Waals surface area contributed by atoms with Crippen LogP contribution in [0, 0.1) is 0 Å². The Balaban J connectivity index is 2.44. The second-order valence-electron chi connectivity index (χ2n) is 3.94. The lowest BCUT2D eigenvalue weighted by Crippen LogP contribution is -2.27. The molecule has 2 nitrogen and oxygen atoms in total. The van der Waals surface area contributed by atoms with Crippen LogP contribution in [0.4, 0.5) is 4.39 Å². The van der Waals surface area contributed by atoms with E-state index in [1.165, 1.54) is 13.0 Å². The van der Waals surface area contributed by atoms with Crippen molar-refractivity contribution in [3.63, 3.8) is 0 Å². The minimum absolute atomic E-state index is 0.119. The summed E-state index contributed by atoms with van der Waals surface area (Å²) in [6.45, 7) is 1.24. The Labute approximate surface area is 92.0 Å². The number of alkyl halides is 1. The molecule has 0 bridgehead atoms. The maximum atomic E-state index is 13.7. The van der Waals surface area contributed by atoms with Crippen LogP contribution in [-0.4, -0.2) is 18.1 Å². The van der Waals surface area contributed by atoms with Crippen molar-refractivity contribution in [3.05, 3.63) is 28.8 Å². The standard InChI is InChI=1S/C11H10ClFO2/c1-11(13)5-9(14)8-3-2-7(12)4-10(8)15-6-11/h2-4H,5-6H2,1H3. The number of fused-ring (bicyclic) bond motifs is 1. The van der Waals surface area contributed by atoms with Crippen LogP contribution in [0.2, 0.25) is 5.02 Å². The van der Waals surface area contributed by atoms with E-state index in [0.717, 1.165) is 0 Å². The number of carbonyl (C=O) groups excluding carboxylic acids is 1. The summed E-state index contributed by atoms with van der Waals surface area (Å²) in [5.41, 5.74) is -1.21. The van der Waals surface area contributed by atoms with Gasteiger partial charge < -0.3 is 4.74 Å². The molecular weight excluding hydrogens is 219 g/mol. The highest BCUT2D eigenvalue weighted by Crippen LogP contribution is 2.31. The predicted octanol–water partition coefficient (Wildman–Crippen LogP) is 3.03. The molecule has 0 spiro atoms. The number of Topliss-reactive ketones (excluding diaryl/α,β-unsaturated/α-hetero) is 1. The van der Waals surface area contributed by atoms with Gasteiger partial charge in [-0.2, -0.15) is 0 Å². The summed E-state index contributed by atoms with van der Waals surface area (Å²) < 4.78 is 18.9. The van der Waals surface area contributed by atoms with Crippen molar-refractivity contribution in [1.29, 1.82) is 0 Å². The molecule has 1 atom stereocenters. The van der Waals surface area contributed by atoms with Gasteiger partial charge in [0.15, 0.2) is 5.78 Å². The molecule has 0 saturated carbocycles. The minimum Gasteiger partial charge on any atom is -0.489 e. The lowest BCUT2D eigenvalue weighted by Gasteiger charge is -2.15. The molecule has 1 unspecified atom stereocenters. The van der Waals surface area contributed by atoms with Gasteiger partial charge >= 0.3 is 0 Å². The second-order valence-corrected chi connectivity index (χ2v) is 4.38. The Kier molecular flexibility index (Phi) is 2.43. The number of halogens is 2. The van der Waals surface area contributed by atoms with E-state index >= 15 is 0 Å². The van der Waals surface area contributed by atoms with Crippen LogP contribution in [-0.2, 0) is 0 Å². The fourth-order valence-corrected chi connectivity index (χ4v) is 1.72. The molecule has 0 aliphatic carbocycles. The van der Waals surface area contributed by atoms with Crippen LogP contribution in [0.1, 0.15) is 23.7 Å². The molecule has 80 valence electrons. The summed E-state index contributed by atoms with van der Waals surface area (Å²) >= 11 is 5.76. The van der Waals surface area contributed by atoms with Gasteiger partial charge in [-0.15, -0.1) is 0 Å². The Morgan fingerprint density at radius 1 is 1.53 bits per heavy atom. The van der Waals surface area contributed by atoms with Gasteiger partial charge in [0.05, 0.1) is 5.56 Å². The molecule has 0 fully saturated rings. The van der Waals surface area contributed by atoms with E-state index in [0.29, 0.717) is 16.3 Å². The first-order valence-electron chi connectivity index (χ1n) is 4.62. The SMILES string of the molecule is CC1(F)COc2cc(Cl)ccc2C(=O)C1. The monoisotopic (exact) mass is 228 g/mol. The zero-order chi connectivity index (χ0) is 11.1. The smallest absolute Gasteiger partial charge is 0.169 e. The third-order valence-electron chi connectivity index (χ3n) is 2.30. The van der Waals surface area contributed by atoms with Gasteiger partial charge in [-0.3, -0.25) is 4.79 Å². The van der Waals surface area contributed by atoms with Crippen molar-refractivity contribution in [1.82, 2.24) is 0 Å². The summed E-state index contributed by atoms with van der Waals surface area (Å²) in [7, 11) is 0. The van der Waals surface area contributed by atoms with Gasteiger partial charge in [-0.05, 0) is 25.1 Å². The first-order chi connectivity index (χ1) is 6.98. The van der Waals surface area contributed by atoms with Crippen molar-refractivity contribution in [2.75, 3.05) is 6.61 Å². The Bertz CT molecular complexity index is 415. The quantitative estimate of drug-likeness (QED) is 0.682. The molecule has 0 aromatic heterocycles. The molecule has 0 saturated heterocycles. The van der Waals surface area contributed by atoms with Crippen LogP contribution in [0.3, 0.4) is 0 Å². The van der Waals surface area contributed by atoms with Crippen LogP contribution in [0.5, 0.6) is 5.75 Å². The summed E-state index contributed by atoms with van der Waals surface area (Å²) in [5, 5.41) is 0.476. The van der Waals surface area contributed by atoms with Crippen LogP contribution >= 0.6 is 11.6 Å². The van der Waals surface area contributed by atoms with Crippen molar-refractivity contribution < 1.29 is 13.9 Å². The maximum absolute atomic E-state index is 13.7. The van der Waals surface area contributed by atoms with E-state index < -0.39 is 5.67 Å². The molecule has 4 heteroatoms. The molecule has 1 aliphatic rings. The highest BCUT2D eigenvalue weighted by molar-refractivity contribution is 6.30. The molecule has 1 aromatic carbocycles. The summed E-state index contributed by atoms with van der Waals surface area (Å²) in [5.74, 6) is 0.123. The van der Waals surface area contributed by atoms with E-state index in [1.807, 2.05) is 0 Å². The first kappa shape index (κ1) is 10.4. The Morgan fingerprint density at radius 2 is 2.27 bits per heavy atom. The molecule has 0 amide bonds. The molecule has 0 N–H and O–H groups in total. The van der Waals surface area contributed by atoms with Gasteiger partial charge in [-0.25, -0.2) is 4.39 Å². The van der Waals surface area contributed by atoms with Gasteiger partial charge in [0.25, 0.3) is 0 Å². The maximum Gasteiger partial charge on any atom is 0.169 e. The summed E-state index contributed by atoms with van der Waals surface area (Å²) in [6, 6.07) is 4.71. The average molecular weight is 229 g/mol. The number of carbonyl (C=O) groups is 1. The molecule has 2 rings (SSSR count). The molecule has 1 aromatic rings. The highest BCUT2D eigenvalue weighted by Gasteiger charge is 2.33. The lowest BCUT2D eigenvalue weighted by molar-refractivity contribution is 0.0774. The van der Waals surface area contributed by atoms with Crippen molar-refractivity contribution >= 4 is 17.4 Å². The third kappa shape index (κ3) is 2.12. The second kappa shape index (κ2) is 3.49. The number of ether oxygens (including phenoxy) is 1. The van der Waals surface area contributed by atoms with Crippen molar-refractivity contribution in [2.24, 2.45) is 0 Å². The molecule has 0 radical (unpaired) electrons. The van der Waals surface area contributed by atoms with E-state index in [1.54, 1.807) is 12.1 Å². The lowest BCUT2D eigenvalue weighted by atomic mass is 9.99. The third-order valence-corrected chi connectivity index (χ3v) is 2.54. The van der Waals surface area contributed by atoms with Gasteiger partial charge in [0.2, 0.25) is 0 Å². The zero-order valence-electron chi connectivity index (χ0n) is 8.22. The number of ketones is 1. The Hall–Kier alpha value is -1.09. The van der Waals surface area contributed by atoms with Crippen LogP contribution in [0.25, 0.3) is 0 Å². The van der Waals surface area contributed by atoms with E-state index in [-0.39, 0.29) is 18.8 Å². The van der Waals surface area contributed by atoms with E-state index in [4.69, 9.17) is 16.3 Å². The predicted molar refractivity (Wildman–Crippen MR) is 55.4 cm³/mol. The number of hydrogen-bond donors (Lipinski definition) is 0. The van der Waals surface area contributed by atoms with Crippen LogP contribution < -0.4 is 4.74 Å². The molecule has 1 aliphatic heterocycles. The van der Waals surface area contributed by atoms with Gasteiger partial charge in [0, 0.05) is 11.4 Å². The van der Waals surface area contributed by atoms with Crippen molar-refractivity contribution in [3.8, 4) is 5.75 Å². The largest absolute Gasteiger partial charge is 0.489 e. The number of rotatable bonds is 0. The molecule has 1 heterocycles. The van der Waals surface area contributed by atoms with E-state index in [2.05, 4.69) is 0 Å². The highest BCUT2D eigenvalue weighted by atomic mass is 35.5. The topological polar surface area (TPSA) is 26.3 Å².